The molecule has 0 unspecified atom stereocenters. The van der Waals surface area contributed by atoms with E-state index in [9.17, 15) is 58.8 Å². The van der Waals surface area contributed by atoms with Crippen molar-refractivity contribution in [2.45, 2.75) is 89.3 Å². The van der Waals surface area contributed by atoms with E-state index < -0.39 is 109 Å². The van der Waals surface area contributed by atoms with Gasteiger partial charge in [-0.3, -0.25) is 33.6 Å². The van der Waals surface area contributed by atoms with E-state index in [0.29, 0.717) is 5.75 Å². The van der Waals surface area contributed by atoms with Crippen LogP contribution in [0.5, 0.6) is 0 Å². The zero-order valence-electron chi connectivity index (χ0n) is 26.9. The summed E-state index contributed by atoms with van der Waals surface area (Å²) in [5, 5.41) is 51.7. The quantitative estimate of drug-likeness (QED) is 0.0510. The summed E-state index contributed by atoms with van der Waals surface area (Å²) in [7, 11) is 0. The van der Waals surface area contributed by atoms with Gasteiger partial charge in [0, 0.05) is 0 Å². The monoisotopic (exact) mass is 693 g/mol. The van der Waals surface area contributed by atoms with Gasteiger partial charge in [-0.15, -0.1) is 0 Å². The smallest absolute Gasteiger partial charge is 0.326 e. The van der Waals surface area contributed by atoms with Crippen LogP contribution >= 0.6 is 11.8 Å². The van der Waals surface area contributed by atoms with Crippen molar-refractivity contribution in [3.63, 3.8) is 0 Å². The molecule has 0 aromatic heterocycles. The summed E-state index contributed by atoms with van der Waals surface area (Å²) in [6, 6.07) is -8.66. The molecule has 0 spiro atoms. The van der Waals surface area contributed by atoms with Gasteiger partial charge < -0.3 is 58.1 Å². The standard InChI is InChI=1S/C27H47N7O12S/c1-12(2)8-17(27(45)46)30-19(37)10-29-23(41)18(11-35)33-26(44)21(14(4)36)34-25(43)16(9-20(38)39)32-24(42)15(6-7-47-5)31-22(40)13(3)28/h12-18,21,35-36H,6-11,28H2,1-5H3,(H,29,41)(H,30,37)(H,31,40)(H,32,42)(H,33,44)(H,34,43)(H,38,39)(H,45,46)/t13-,14+,15-,16-,17-,18-,21-/m0/s1. The molecule has 0 aromatic rings. The molecule has 0 saturated heterocycles. The van der Waals surface area contributed by atoms with Gasteiger partial charge in [0.15, 0.2) is 0 Å². The van der Waals surface area contributed by atoms with Gasteiger partial charge in [0.1, 0.15) is 30.2 Å². The van der Waals surface area contributed by atoms with Crippen molar-refractivity contribution in [2.24, 2.45) is 11.7 Å². The minimum absolute atomic E-state index is 0.0622. The molecule has 0 aromatic carbocycles. The van der Waals surface area contributed by atoms with Crippen LogP contribution in [0.1, 0.15) is 47.0 Å². The Kier molecular flexibility index (Phi) is 19.9. The summed E-state index contributed by atoms with van der Waals surface area (Å²) in [6.07, 6.45) is -0.614. The predicted octanol–water partition coefficient (Wildman–Crippen LogP) is -4.39. The van der Waals surface area contributed by atoms with E-state index in [2.05, 4.69) is 31.9 Å². The number of hydrogen-bond donors (Lipinski definition) is 11. The Morgan fingerprint density at radius 1 is 0.723 bits per heavy atom. The lowest BCUT2D eigenvalue weighted by atomic mass is 10.0. The molecular weight excluding hydrogens is 646 g/mol. The van der Waals surface area contributed by atoms with E-state index in [1.54, 1.807) is 20.1 Å². The molecule has 20 heteroatoms. The molecule has 268 valence electrons. The van der Waals surface area contributed by atoms with E-state index in [0.717, 1.165) is 6.92 Å². The fourth-order valence-electron chi connectivity index (χ4n) is 3.81. The van der Waals surface area contributed by atoms with Gasteiger partial charge in [-0.1, -0.05) is 13.8 Å². The minimum Gasteiger partial charge on any atom is -0.481 e. The normalized spacial score (nSPS) is 15.4. The predicted molar refractivity (Wildman–Crippen MR) is 167 cm³/mol. The maximum Gasteiger partial charge on any atom is 0.326 e. The van der Waals surface area contributed by atoms with Gasteiger partial charge in [0.2, 0.25) is 35.4 Å². The van der Waals surface area contributed by atoms with Gasteiger partial charge in [-0.05, 0) is 44.6 Å². The number of carbonyl (C=O) groups excluding carboxylic acids is 6. The minimum atomic E-state index is -1.82. The van der Waals surface area contributed by atoms with E-state index >= 15 is 0 Å². The van der Waals surface area contributed by atoms with Crippen LogP contribution in [0.25, 0.3) is 0 Å². The SMILES string of the molecule is CSCC[C@H](NC(=O)[C@H](C)N)C(=O)N[C@@H](CC(=O)O)C(=O)N[C@H](C(=O)N[C@@H](CO)C(=O)NCC(=O)N[C@@H](CC(C)C)C(=O)O)[C@@H](C)O. The second kappa shape index (κ2) is 21.7. The molecule has 47 heavy (non-hydrogen) atoms. The van der Waals surface area contributed by atoms with Crippen LogP contribution in [0.15, 0.2) is 0 Å². The highest BCUT2D eigenvalue weighted by atomic mass is 32.2. The first-order valence-corrected chi connectivity index (χ1v) is 16.0. The summed E-state index contributed by atoms with van der Waals surface area (Å²) in [4.78, 5) is 98.6. The highest BCUT2D eigenvalue weighted by Crippen LogP contribution is 2.06. The molecule has 0 aliphatic rings. The highest BCUT2D eigenvalue weighted by Gasteiger charge is 2.34. The van der Waals surface area contributed by atoms with E-state index in [-0.39, 0.29) is 18.8 Å². The average Bonchev–Trinajstić information content (AvgIpc) is 2.97. The Morgan fingerprint density at radius 2 is 1.28 bits per heavy atom. The van der Waals surface area contributed by atoms with Crippen molar-refractivity contribution in [3.8, 4) is 0 Å². The van der Waals surface area contributed by atoms with Crippen LogP contribution in [0, 0.1) is 5.92 Å². The van der Waals surface area contributed by atoms with Crippen molar-refractivity contribution >= 4 is 59.1 Å². The zero-order valence-corrected chi connectivity index (χ0v) is 27.7. The number of carboxylic acid groups (broad SMARTS) is 2. The molecule has 0 fully saturated rings. The number of aliphatic carboxylic acids is 2. The Morgan fingerprint density at radius 3 is 1.74 bits per heavy atom. The molecule has 0 aliphatic heterocycles. The number of aliphatic hydroxyl groups is 2. The number of nitrogens with two attached hydrogens (primary N) is 1. The molecule has 0 saturated carbocycles. The number of carbonyl (C=O) groups is 8. The first-order chi connectivity index (χ1) is 21.8. The van der Waals surface area contributed by atoms with Gasteiger partial charge >= 0.3 is 11.9 Å². The third-order valence-corrected chi connectivity index (χ3v) is 6.95. The number of amides is 6. The van der Waals surface area contributed by atoms with Crippen molar-refractivity contribution in [1.29, 1.82) is 0 Å². The third kappa shape index (κ3) is 16.9. The number of carboxylic acids is 2. The Balaban J connectivity index is 5.62. The summed E-state index contributed by atoms with van der Waals surface area (Å²) >= 11 is 1.36. The lowest BCUT2D eigenvalue weighted by molar-refractivity contribution is -0.142. The molecule has 0 rings (SSSR count). The van der Waals surface area contributed by atoms with Crippen LogP contribution in [0.3, 0.4) is 0 Å². The second-order valence-electron chi connectivity index (χ2n) is 11.1. The fourth-order valence-corrected chi connectivity index (χ4v) is 4.28. The number of thioether (sulfide) groups is 1. The van der Waals surface area contributed by atoms with Crippen LogP contribution in [-0.2, 0) is 38.4 Å². The molecule has 7 atom stereocenters. The maximum absolute atomic E-state index is 13.1. The Bertz CT molecular complexity index is 1120. The first kappa shape index (κ1) is 43.0. The molecule has 0 bridgehead atoms. The molecule has 0 aliphatic carbocycles. The van der Waals surface area contributed by atoms with Gasteiger partial charge in [0.05, 0.1) is 31.7 Å². The second-order valence-corrected chi connectivity index (χ2v) is 12.1. The van der Waals surface area contributed by atoms with Crippen LogP contribution in [0.4, 0.5) is 0 Å². The maximum atomic E-state index is 13.1. The highest BCUT2D eigenvalue weighted by molar-refractivity contribution is 7.98. The average molecular weight is 694 g/mol. The largest absolute Gasteiger partial charge is 0.481 e. The molecular formula is C27H47N7O12S. The fraction of sp³-hybridized carbons (Fsp3) is 0.704. The molecule has 0 heterocycles. The van der Waals surface area contributed by atoms with Crippen molar-refractivity contribution < 1.29 is 58.8 Å². The third-order valence-electron chi connectivity index (χ3n) is 6.31. The number of aliphatic hydroxyl groups excluding tert-OH is 2. The van der Waals surface area contributed by atoms with E-state index in [1.807, 2.05) is 0 Å². The van der Waals surface area contributed by atoms with Crippen molar-refractivity contribution in [3.05, 3.63) is 0 Å². The lowest BCUT2D eigenvalue weighted by Gasteiger charge is -2.27. The summed E-state index contributed by atoms with van der Waals surface area (Å²) in [6.45, 7) is 4.27. The molecule has 12 N–H and O–H groups in total. The van der Waals surface area contributed by atoms with Crippen molar-refractivity contribution in [2.75, 3.05) is 25.2 Å². The van der Waals surface area contributed by atoms with Gasteiger partial charge in [0.25, 0.3) is 0 Å². The van der Waals surface area contributed by atoms with Gasteiger partial charge in [-0.25, -0.2) is 4.79 Å². The Labute approximate surface area is 275 Å². The topological polar surface area (TPSA) is 316 Å². The summed E-state index contributed by atoms with van der Waals surface area (Å²) in [5.74, 6) is -8.36. The lowest BCUT2D eigenvalue weighted by Crippen LogP contribution is -2.61. The Hall–Kier alpha value is -4.01. The summed E-state index contributed by atoms with van der Waals surface area (Å²) < 4.78 is 0. The first-order valence-electron chi connectivity index (χ1n) is 14.6. The number of rotatable bonds is 22. The number of nitrogens with one attached hydrogen (secondary N) is 6. The van der Waals surface area contributed by atoms with Crippen molar-refractivity contribution in [1.82, 2.24) is 31.9 Å². The van der Waals surface area contributed by atoms with Crippen LogP contribution < -0.4 is 37.6 Å². The molecule has 0 radical (unpaired) electrons. The van der Waals surface area contributed by atoms with Crippen LogP contribution in [-0.4, -0.2) is 135 Å². The van der Waals surface area contributed by atoms with Crippen LogP contribution in [0.2, 0.25) is 0 Å². The zero-order chi connectivity index (χ0) is 36.4. The summed E-state index contributed by atoms with van der Waals surface area (Å²) in [5.41, 5.74) is 5.54. The van der Waals surface area contributed by atoms with Gasteiger partial charge in [-0.2, -0.15) is 11.8 Å². The number of hydrogen-bond acceptors (Lipinski definition) is 12. The molecule has 6 amide bonds. The molecule has 19 nitrogen and oxygen atoms in total. The van der Waals surface area contributed by atoms with E-state index in [1.165, 1.54) is 18.7 Å². The van der Waals surface area contributed by atoms with E-state index in [4.69, 9.17) is 5.73 Å².